The molecule has 0 aliphatic carbocycles. The van der Waals surface area contributed by atoms with E-state index in [1.54, 1.807) is 50.2 Å². The van der Waals surface area contributed by atoms with Gasteiger partial charge in [-0.2, -0.15) is 0 Å². The summed E-state index contributed by atoms with van der Waals surface area (Å²) in [5, 5.41) is 3.35. The highest BCUT2D eigenvalue weighted by Gasteiger charge is 2.33. The second-order valence-corrected chi connectivity index (χ2v) is 11.1. The quantitative estimate of drug-likeness (QED) is 0.335. The minimum Gasteiger partial charge on any atom is -0.355 e. The van der Waals surface area contributed by atoms with Gasteiger partial charge in [0.2, 0.25) is 11.8 Å². The molecule has 0 saturated carbocycles. The maximum Gasteiger partial charge on any atom is 0.264 e. The lowest BCUT2D eigenvalue weighted by Gasteiger charge is -2.33. The van der Waals surface area contributed by atoms with Crippen molar-refractivity contribution in [2.75, 3.05) is 17.4 Å². The summed E-state index contributed by atoms with van der Waals surface area (Å²) in [4.78, 5) is 28.0. The smallest absolute Gasteiger partial charge is 0.264 e. The molecule has 0 fully saturated rings. The fourth-order valence-electron chi connectivity index (χ4n) is 3.90. The van der Waals surface area contributed by atoms with Gasteiger partial charge in [-0.25, -0.2) is 12.8 Å². The van der Waals surface area contributed by atoms with E-state index in [2.05, 4.69) is 5.32 Å². The molecular weight excluding hydrogens is 552 g/mol. The number of nitrogens with zero attached hydrogens (tertiary/aromatic N) is 2. The van der Waals surface area contributed by atoms with Crippen LogP contribution in [0.3, 0.4) is 0 Å². The molecule has 1 atom stereocenters. The van der Waals surface area contributed by atoms with Gasteiger partial charge in [0.05, 0.1) is 20.6 Å². The lowest BCUT2D eigenvalue weighted by molar-refractivity contribution is -0.140. The molecule has 0 saturated heterocycles. The first-order valence-electron chi connectivity index (χ1n) is 11.9. The minimum absolute atomic E-state index is 0.0198. The Labute approximate surface area is 232 Å². The summed E-state index contributed by atoms with van der Waals surface area (Å²) in [6.07, 6.45) is 0.279. The standard InChI is InChI=1S/C27H28Cl2FN3O4S/c1-3-25(27(35)31-4-2)32(17-19-10-15-23(28)24(29)16-19)26(34)18-33(21-13-11-20(30)12-14-21)38(36,37)22-8-6-5-7-9-22/h5-16,25H,3-4,17-18H2,1-2H3,(H,31,35)/t25-/m1/s1. The number of likely N-dealkylation sites (N-methyl/N-ethyl adjacent to an activating group) is 1. The fourth-order valence-corrected chi connectivity index (χ4v) is 5.66. The van der Waals surface area contributed by atoms with Crippen molar-refractivity contribution in [3.05, 3.63) is 94.2 Å². The molecule has 38 heavy (non-hydrogen) atoms. The molecule has 0 unspecified atom stereocenters. The molecule has 202 valence electrons. The van der Waals surface area contributed by atoms with E-state index in [-0.39, 0.29) is 34.5 Å². The average Bonchev–Trinajstić information content (AvgIpc) is 2.90. The molecule has 3 aromatic rings. The van der Waals surface area contributed by atoms with Crippen LogP contribution in [-0.4, -0.2) is 44.3 Å². The van der Waals surface area contributed by atoms with Gasteiger partial charge in [0.15, 0.2) is 0 Å². The highest BCUT2D eigenvalue weighted by molar-refractivity contribution is 7.92. The number of carbonyl (C=O) groups is 2. The Hall–Kier alpha value is -3.14. The summed E-state index contributed by atoms with van der Waals surface area (Å²) < 4.78 is 41.9. The maximum atomic E-state index is 13.8. The zero-order chi connectivity index (χ0) is 27.9. The van der Waals surface area contributed by atoms with Crippen LogP contribution in [0.4, 0.5) is 10.1 Å². The second-order valence-electron chi connectivity index (χ2n) is 8.39. The van der Waals surface area contributed by atoms with Crippen LogP contribution < -0.4 is 9.62 Å². The average molecular weight is 581 g/mol. The van der Waals surface area contributed by atoms with Gasteiger partial charge in [-0.1, -0.05) is 54.4 Å². The van der Waals surface area contributed by atoms with Crippen LogP contribution in [0.2, 0.25) is 10.0 Å². The van der Waals surface area contributed by atoms with Crippen LogP contribution >= 0.6 is 23.2 Å². The molecule has 0 spiro atoms. The molecule has 0 heterocycles. The molecular formula is C27H28Cl2FN3O4S. The van der Waals surface area contributed by atoms with Gasteiger partial charge >= 0.3 is 0 Å². The summed E-state index contributed by atoms with van der Waals surface area (Å²) in [5.41, 5.74) is 0.707. The normalized spacial score (nSPS) is 12.0. The summed E-state index contributed by atoms with van der Waals surface area (Å²) in [6.45, 7) is 3.23. The lowest BCUT2D eigenvalue weighted by atomic mass is 10.1. The Bertz CT molecular complexity index is 1370. The van der Waals surface area contributed by atoms with Crippen molar-refractivity contribution < 1.29 is 22.4 Å². The predicted octanol–water partition coefficient (Wildman–Crippen LogP) is 5.27. The van der Waals surface area contributed by atoms with Crippen molar-refractivity contribution in [2.24, 2.45) is 0 Å². The Morgan fingerprint density at radius 1 is 0.947 bits per heavy atom. The Morgan fingerprint density at radius 3 is 2.18 bits per heavy atom. The molecule has 1 N–H and O–H groups in total. The first-order valence-corrected chi connectivity index (χ1v) is 14.1. The van der Waals surface area contributed by atoms with Crippen molar-refractivity contribution in [1.82, 2.24) is 10.2 Å². The monoisotopic (exact) mass is 579 g/mol. The van der Waals surface area contributed by atoms with Crippen LogP contribution in [0, 0.1) is 5.82 Å². The van der Waals surface area contributed by atoms with E-state index < -0.39 is 34.3 Å². The third kappa shape index (κ3) is 7.03. The summed E-state index contributed by atoms with van der Waals surface area (Å²) in [5.74, 6) is -1.55. The lowest BCUT2D eigenvalue weighted by Crippen LogP contribution is -2.52. The summed E-state index contributed by atoms with van der Waals surface area (Å²) >= 11 is 12.2. The molecule has 0 aromatic heterocycles. The molecule has 3 aromatic carbocycles. The molecule has 0 bridgehead atoms. The minimum atomic E-state index is -4.22. The fraction of sp³-hybridized carbons (Fsp3) is 0.259. The Kier molecular flexibility index (Phi) is 10.1. The van der Waals surface area contributed by atoms with Crippen molar-refractivity contribution in [1.29, 1.82) is 0 Å². The first kappa shape index (κ1) is 29.4. The number of anilines is 1. The van der Waals surface area contributed by atoms with E-state index in [4.69, 9.17) is 23.2 Å². The van der Waals surface area contributed by atoms with Gasteiger partial charge < -0.3 is 10.2 Å². The summed E-state index contributed by atoms with van der Waals surface area (Å²) in [7, 11) is -4.22. The number of hydrogen-bond donors (Lipinski definition) is 1. The van der Waals surface area contributed by atoms with E-state index in [0.717, 1.165) is 16.4 Å². The van der Waals surface area contributed by atoms with Crippen LogP contribution in [0.15, 0.2) is 77.7 Å². The molecule has 7 nitrogen and oxygen atoms in total. The summed E-state index contributed by atoms with van der Waals surface area (Å²) in [6, 6.07) is 16.4. The number of benzene rings is 3. The topological polar surface area (TPSA) is 86.8 Å². The van der Waals surface area contributed by atoms with E-state index in [0.29, 0.717) is 17.1 Å². The van der Waals surface area contributed by atoms with Gasteiger partial charge in [-0.05, 0) is 67.4 Å². The van der Waals surface area contributed by atoms with E-state index in [1.807, 2.05) is 0 Å². The Balaban J connectivity index is 2.05. The van der Waals surface area contributed by atoms with Crippen LogP contribution in [0.5, 0.6) is 0 Å². The molecule has 2 amide bonds. The molecule has 0 aliphatic rings. The molecule has 3 rings (SSSR count). The zero-order valence-electron chi connectivity index (χ0n) is 20.9. The second kappa shape index (κ2) is 13.1. The first-order chi connectivity index (χ1) is 18.1. The van der Waals surface area contributed by atoms with Gasteiger partial charge in [0, 0.05) is 13.1 Å². The van der Waals surface area contributed by atoms with Crippen LogP contribution in [-0.2, 0) is 26.2 Å². The molecule has 0 radical (unpaired) electrons. The van der Waals surface area contributed by atoms with Crippen molar-refractivity contribution in [2.45, 2.75) is 37.8 Å². The number of nitrogens with one attached hydrogen (secondary N) is 1. The highest BCUT2D eigenvalue weighted by atomic mass is 35.5. The number of hydrogen-bond acceptors (Lipinski definition) is 4. The largest absolute Gasteiger partial charge is 0.355 e. The number of carbonyl (C=O) groups excluding carboxylic acids is 2. The van der Waals surface area contributed by atoms with Gasteiger partial charge in [-0.3, -0.25) is 13.9 Å². The highest BCUT2D eigenvalue weighted by Crippen LogP contribution is 2.26. The maximum absolute atomic E-state index is 13.8. The van der Waals surface area contributed by atoms with Gasteiger partial charge in [0.1, 0.15) is 18.4 Å². The van der Waals surface area contributed by atoms with Crippen molar-refractivity contribution in [3.63, 3.8) is 0 Å². The number of amides is 2. The Morgan fingerprint density at radius 2 is 1.61 bits per heavy atom. The van der Waals surface area contributed by atoms with E-state index in [1.165, 1.54) is 29.2 Å². The van der Waals surface area contributed by atoms with Gasteiger partial charge in [-0.15, -0.1) is 0 Å². The van der Waals surface area contributed by atoms with Crippen molar-refractivity contribution >= 4 is 50.7 Å². The van der Waals surface area contributed by atoms with E-state index >= 15 is 0 Å². The molecule has 0 aliphatic heterocycles. The number of sulfonamides is 1. The number of halogens is 3. The van der Waals surface area contributed by atoms with Crippen molar-refractivity contribution in [3.8, 4) is 0 Å². The van der Waals surface area contributed by atoms with Crippen LogP contribution in [0.25, 0.3) is 0 Å². The van der Waals surface area contributed by atoms with E-state index in [9.17, 15) is 22.4 Å². The zero-order valence-corrected chi connectivity index (χ0v) is 23.2. The third-order valence-corrected chi connectivity index (χ3v) is 8.33. The predicted molar refractivity (Wildman–Crippen MR) is 147 cm³/mol. The SMILES string of the molecule is CCNC(=O)[C@@H](CC)N(Cc1ccc(Cl)c(Cl)c1)C(=O)CN(c1ccc(F)cc1)S(=O)(=O)c1ccccc1. The number of rotatable bonds is 11. The third-order valence-electron chi connectivity index (χ3n) is 5.80. The van der Waals surface area contributed by atoms with Gasteiger partial charge in [0.25, 0.3) is 10.0 Å². The van der Waals surface area contributed by atoms with Crippen LogP contribution in [0.1, 0.15) is 25.8 Å². The molecule has 11 heteroatoms.